The number of hydrogen-bond acceptors (Lipinski definition) is 3. The average Bonchev–Trinajstić information content (AvgIpc) is 2.84. The van der Waals surface area contributed by atoms with E-state index in [0.717, 1.165) is 32.2 Å². The first-order valence-electron chi connectivity index (χ1n) is 6.63. The SMILES string of the molecule is CCNC1CCN(S(=O)(=O)N2CCCC2)CC1. The van der Waals surface area contributed by atoms with Crippen LogP contribution in [0.5, 0.6) is 0 Å². The van der Waals surface area contributed by atoms with Crippen molar-refractivity contribution < 1.29 is 8.42 Å². The molecule has 2 fully saturated rings. The Morgan fingerprint density at radius 3 is 2.12 bits per heavy atom. The molecule has 2 aliphatic rings. The Morgan fingerprint density at radius 1 is 1.06 bits per heavy atom. The van der Waals surface area contributed by atoms with Crippen LogP contribution in [0, 0.1) is 0 Å². The van der Waals surface area contributed by atoms with Crippen LogP contribution >= 0.6 is 0 Å². The van der Waals surface area contributed by atoms with Crippen molar-refractivity contribution >= 4 is 10.2 Å². The van der Waals surface area contributed by atoms with Crippen LogP contribution in [0.15, 0.2) is 0 Å². The van der Waals surface area contributed by atoms with Crippen LogP contribution in [-0.2, 0) is 10.2 Å². The van der Waals surface area contributed by atoms with Crippen molar-refractivity contribution in [3.8, 4) is 0 Å². The van der Waals surface area contributed by atoms with E-state index >= 15 is 0 Å². The summed E-state index contributed by atoms with van der Waals surface area (Å²) in [6, 6.07) is 0.491. The van der Waals surface area contributed by atoms with E-state index in [4.69, 9.17) is 0 Å². The lowest BCUT2D eigenvalue weighted by Crippen LogP contribution is -2.49. The predicted octanol–water partition coefficient (Wildman–Crippen LogP) is 0.401. The molecule has 0 saturated carbocycles. The Balaban J connectivity index is 1.91. The topological polar surface area (TPSA) is 52.7 Å². The highest BCUT2D eigenvalue weighted by Gasteiger charge is 2.33. The van der Waals surface area contributed by atoms with Crippen LogP contribution < -0.4 is 5.32 Å². The van der Waals surface area contributed by atoms with Crippen molar-refractivity contribution in [3.63, 3.8) is 0 Å². The molecule has 0 radical (unpaired) electrons. The molecule has 0 amide bonds. The van der Waals surface area contributed by atoms with Gasteiger partial charge in [-0.2, -0.15) is 17.0 Å². The van der Waals surface area contributed by atoms with E-state index in [-0.39, 0.29) is 0 Å². The van der Waals surface area contributed by atoms with Crippen molar-refractivity contribution in [2.24, 2.45) is 0 Å². The smallest absolute Gasteiger partial charge is 0.281 e. The van der Waals surface area contributed by atoms with Gasteiger partial charge in [-0.05, 0) is 32.2 Å². The van der Waals surface area contributed by atoms with Gasteiger partial charge in [0.2, 0.25) is 0 Å². The third-order valence-corrected chi connectivity index (χ3v) is 5.70. The fraction of sp³-hybridized carbons (Fsp3) is 1.00. The van der Waals surface area contributed by atoms with Crippen LogP contribution in [0.2, 0.25) is 0 Å². The lowest BCUT2D eigenvalue weighted by Gasteiger charge is -2.33. The van der Waals surface area contributed by atoms with E-state index in [0.29, 0.717) is 32.2 Å². The summed E-state index contributed by atoms with van der Waals surface area (Å²) in [5.41, 5.74) is 0. The molecule has 100 valence electrons. The quantitative estimate of drug-likeness (QED) is 0.797. The molecular formula is C11H23N3O2S. The molecule has 2 heterocycles. The monoisotopic (exact) mass is 261 g/mol. The van der Waals surface area contributed by atoms with E-state index in [1.807, 2.05) is 0 Å². The molecule has 0 aromatic carbocycles. The fourth-order valence-electron chi connectivity index (χ4n) is 2.66. The standard InChI is InChI=1S/C11H23N3O2S/c1-2-12-11-5-9-14(10-6-11)17(15,16)13-7-3-4-8-13/h11-12H,2-10H2,1H3. The van der Waals surface area contributed by atoms with Crippen LogP contribution in [0.1, 0.15) is 32.6 Å². The molecule has 0 aromatic rings. The summed E-state index contributed by atoms with van der Waals surface area (Å²) in [6.45, 7) is 5.79. The Labute approximate surface area is 104 Å². The molecule has 2 rings (SSSR count). The van der Waals surface area contributed by atoms with Gasteiger partial charge in [0, 0.05) is 32.2 Å². The number of nitrogens with zero attached hydrogens (tertiary/aromatic N) is 2. The molecule has 6 heteroatoms. The first-order chi connectivity index (χ1) is 8.14. The third-order valence-electron chi connectivity index (χ3n) is 3.66. The van der Waals surface area contributed by atoms with E-state index < -0.39 is 10.2 Å². The number of nitrogens with one attached hydrogen (secondary N) is 1. The van der Waals surface area contributed by atoms with Gasteiger partial charge in [0.1, 0.15) is 0 Å². The molecule has 0 atom stereocenters. The highest BCUT2D eigenvalue weighted by molar-refractivity contribution is 7.86. The minimum absolute atomic E-state index is 0.491. The second-order valence-electron chi connectivity index (χ2n) is 4.84. The molecule has 17 heavy (non-hydrogen) atoms. The fourth-order valence-corrected chi connectivity index (χ4v) is 4.38. The first-order valence-corrected chi connectivity index (χ1v) is 8.03. The van der Waals surface area contributed by atoms with Gasteiger partial charge < -0.3 is 5.32 Å². The van der Waals surface area contributed by atoms with Crippen LogP contribution in [0.25, 0.3) is 0 Å². The summed E-state index contributed by atoms with van der Waals surface area (Å²) >= 11 is 0. The van der Waals surface area contributed by atoms with Gasteiger partial charge >= 0.3 is 0 Å². The lowest BCUT2D eigenvalue weighted by atomic mass is 10.1. The van der Waals surface area contributed by atoms with Crippen molar-refractivity contribution in [1.82, 2.24) is 13.9 Å². The van der Waals surface area contributed by atoms with E-state index in [1.165, 1.54) is 0 Å². The maximum Gasteiger partial charge on any atom is 0.281 e. The summed E-state index contributed by atoms with van der Waals surface area (Å²) in [5.74, 6) is 0. The summed E-state index contributed by atoms with van der Waals surface area (Å²) < 4.78 is 27.9. The van der Waals surface area contributed by atoms with Gasteiger partial charge in [-0.3, -0.25) is 0 Å². The molecule has 0 aromatic heterocycles. The van der Waals surface area contributed by atoms with Gasteiger partial charge in [0.25, 0.3) is 10.2 Å². The van der Waals surface area contributed by atoms with Crippen LogP contribution in [-0.4, -0.2) is 55.8 Å². The summed E-state index contributed by atoms with van der Waals surface area (Å²) in [5, 5.41) is 3.39. The summed E-state index contributed by atoms with van der Waals surface area (Å²) in [4.78, 5) is 0. The van der Waals surface area contributed by atoms with Gasteiger partial charge in [-0.25, -0.2) is 0 Å². The largest absolute Gasteiger partial charge is 0.314 e. The molecule has 1 N–H and O–H groups in total. The molecule has 2 saturated heterocycles. The van der Waals surface area contributed by atoms with Crippen LogP contribution in [0.4, 0.5) is 0 Å². The van der Waals surface area contributed by atoms with E-state index in [1.54, 1.807) is 8.61 Å². The zero-order valence-corrected chi connectivity index (χ0v) is 11.4. The number of hydrogen-bond donors (Lipinski definition) is 1. The minimum atomic E-state index is -3.16. The molecule has 2 aliphatic heterocycles. The zero-order chi connectivity index (χ0) is 12.3. The van der Waals surface area contributed by atoms with Crippen molar-refractivity contribution in [1.29, 1.82) is 0 Å². The van der Waals surface area contributed by atoms with Gasteiger partial charge in [0.15, 0.2) is 0 Å². The summed E-state index contributed by atoms with van der Waals surface area (Å²) in [7, 11) is -3.16. The predicted molar refractivity (Wildman–Crippen MR) is 68.0 cm³/mol. The average molecular weight is 261 g/mol. The Kier molecular flexibility index (Phi) is 4.41. The second kappa shape index (κ2) is 5.65. The first kappa shape index (κ1) is 13.3. The van der Waals surface area contributed by atoms with Crippen molar-refractivity contribution in [3.05, 3.63) is 0 Å². The minimum Gasteiger partial charge on any atom is -0.314 e. The Morgan fingerprint density at radius 2 is 1.59 bits per heavy atom. The van der Waals surface area contributed by atoms with Gasteiger partial charge in [-0.15, -0.1) is 0 Å². The molecule has 0 unspecified atom stereocenters. The van der Waals surface area contributed by atoms with Gasteiger partial charge in [0.05, 0.1) is 0 Å². The highest BCUT2D eigenvalue weighted by Crippen LogP contribution is 2.20. The Hall–Kier alpha value is -0.170. The second-order valence-corrected chi connectivity index (χ2v) is 6.77. The van der Waals surface area contributed by atoms with Crippen molar-refractivity contribution in [2.75, 3.05) is 32.7 Å². The zero-order valence-electron chi connectivity index (χ0n) is 10.6. The normalized spacial score (nSPS) is 25.5. The van der Waals surface area contributed by atoms with Crippen molar-refractivity contribution in [2.45, 2.75) is 38.6 Å². The molecule has 0 spiro atoms. The number of piperidine rings is 1. The van der Waals surface area contributed by atoms with Gasteiger partial charge in [-0.1, -0.05) is 6.92 Å². The van der Waals surface area contributed by atoms with E-state index in [2.05, 4.69) is 12.2 Å². The third kappa shape index (κ3) is 2.99. The van der Waals surface area contributed by atoms with Crippen LogP contribution in [0.3, 0.4) is 0 Å². The molecular weight excluding hydrogens is 238 g/mol. The lowest BCUT2D eigenvalue weighted by molar-refractivity contribution is 0.275. The molecule has 0 aliphatic carbocycles. The maximum absolute atomic E-state index is 12.3. The maximum atomic E-state index is 12.3. The van der Waals surface area contributed by atoms with E-state index in [9.17, 15) is 8.42 Å². The summed E-state index contributed by atoms with van der Waals surface area (Å²) in [6.07, 6.45) is 3.88. The Bertz CT molecular complexity index is 331. The number of rotatable bonds is 4. The highest BCUT2D eigenvalue weighted by atomic mass is 32.2. The molecule has 0 bridgehead atoms. The molecule has 5 nitrogen and oxygen atoms in total.